The van der Waals surface area contributed by atoms with Crippen LogP contribution in [-0.4, -0.2) is 36.5 Å². The molecule has 0 saturated carbocycles. The van der Waals surface area contributed by atoms with Crippen molar-refractivity contribution in [3.05, 3.63) is 35.4 Å². The van der Waals surface area contributed by atoms with Gasteiger partial charge in [-0.15, -0.1) is 0 Å². The van der Waals surface area contributed by atoms with Gasteiger partial charge in [-0.25, -0.2) is 0 Å². The van der Waals surface area contributed by atoms with E-state index in [1.165, 1.54) is 12.0 Å². The van der Waals surface area contributed by atoms with Crippen molar-refractivity contribution in [3.8, 4) is 0 Å². The van der Waals surface area contributed by atoms with E-state index in [0.29, 0.717) is 6.42 Å². The summed E-state index contributed by atoms with van der Waals surface area (Å²) in [5, 5.41) is 0. The Hall–Kier alpha value is -1.84. The van der Waals surface area contributed by atoms with Gasteiger partial charge in [-0.3, -0.25) is 9.59 Å². The van der Waals surface area contributed by atoms with E-state index in [9.17, 15) is 9.59 Å². The minimum atomic E-state index is -0.396. The highest BCUT2D eigenvalue weighted by molar-refractivity contribution is 5.84. The zero-order chi connectivity index (χ0) is 14.4. The summed E-state index contributed by atoms with van der Waals surface area (Å²) in [5.41, 5.74) is 2.07. The Labute approximate surface area is 114 Å². The van der Waals surface area contributed by atoms with Crippen molar-refractivity contribution in [2.45, 2.75) is 33.2 Å². The summed E-state index contributed by atoms with van der Waals surface area (Å²) < 4.78 is 4.62. The average Bonchev–Trinajstić information content (AvgIpc) is 2.37. The zero-order valence-electron chi connectivity index (χ0n) is 12.0. The lowest BCUT2D eigenvalue weighted by Crippen LogP contribution is -2.42. The molecule has 0 aliphatic rings. The minimum absolute atomic E-state index is 0.00111. The van der Waals surface area contributed by atoms with E-state index in [1.807, 2.05) is 45.0 Å². The second kappa shape index (κ2) is 6.92. The van der Waals surface area contributed by atoms with Gasteiger partial charge in [0.1, 0.15) is 6.54 Å². The molecule has 0 unspecified atom stereocenters. The molecule has 0 bridgehead atoms. The van der Waals surface area contributed by atoms with Gasteiger partial charge in [0.25, 0.3) is 0 Å². The second-order valence-corrected chi connectivity index (χ2v) is 4.79. The molecule has 0 heterocycles. The van der Waals surface area contributed by atoms with Crippen molar-refractivity contribution in [1.82, 2.24) is 4.90 Å². The van der Waals surface area contributed by atoms with Crippen LogP contribution < -0.4 is 0 Å². The number of hydrogen-bond acceptors (Lipinski definition) is 3. The van der Waals surface area contributed by atoms with E-state index in [0.717, 1.165) is 11.1 Å². The fourth-order valence-corrected chi connectivity index (χ4v) is 1.84. The number of nitrogens with zero attached hydrogens (tertiary/aromatic N) is 1. The van der Waals surface area contributed by atoms with Crippen molar-refractivity contribution in [2.75, 3.05) is 13.7 Å². The topological polar surface area (TPSA) is 46.6 Å². The predicted octanol–water partition coefficient (Wildman–Crippen LogP) is 1.95. The first-order chi connectivity index (χ1) is 8.95. The fraction of sp³-hybridized carbons (Fsp3) is 0.467. The van der Waals surface area contributed by atoms with Crippen molar-refractivity contribution in [1.29, 1.82) is 0 Å². The van der Waals surface area contributed by atoms with Crippen LogP contribution in [0.1, 0.15) is 25.0 Å². The minimum Gasteiger partial charge on any atom is -0.468 e. The molecule has 4 heteroatoms. The first-order valence-electron chi connectivity index (χ1n) is 6.36. The lowest BCUT2D eigenvalue weighted by Gasteiger charge is -2.25. The standard InChI is InChI=1S/C15H21NO3/c1-11(2)16(10-15(18)19-4)14(17)9-13-8-6-5-7-12(13)3/h5-8,11H,9-10H2,1-4H3. The van der Waals surface area contributed by atoms with Gasteiger partial charge >= 0.3 is 5.97 Å². The quantitative estimate of drug-likeness (QED) is 0.763. The Balaban J connectivity index is 2.78. The number of rotatable bonds is 5. The number of esters is 1. The molecule has 0 aliphatic heterocycles. The Morgan fingerprint density at radius 1 is 1.26 bits per heavy atom. The highest BCUT2D eigenvalue weighted by Crippen LogP contribution is 2.11. The number of hydrogen-bond donors (Lipinski definition) is 0. The van der Waals surface area contributed by atoms with Crippen LogP contribution in [0.4, 0.5) is 0 Å². The van der Waals surface area contributed by atoms with Gasteiger partial charge in [-0.05, 0) is 31.9 Å². The van der Waals surface area contributed by atoms with E-state index >= 15 is 0 Å². The first kappa shape index (κ1) is 15.2. The number of amides is 1. The van der Waals surface area contributed by atoms with Crippen molar-refractivity contribution in [2.24, 2.45) is 0 Å². The molecule has 0 radical (unpaired) electrons. The van der Waals surface area contributed by atoms with Gasteiger partial charge in [0.05, 0.1) is 13.5 Å². The summed E-state index contributed by atoms with van der Waals surface area (Å²) in [7, 11) is 1.33. The van der Waals surface area contributed by atoms with E-state index in [4.69, 9.17) is 0 Å². The molecule has 4 nitrogen and oxygen atoms in total. The Bertz CT molecular complexity index is 454. The zero-order valence-corrected chi connectivity index (χ0v) is 12.0. The fourth-order valence-electron chi connectivity index (χ4n) is 1.84. The van der Waals surface area contributed by atoms with Crippen LogP contribution in [0.3, 0.4) is 0 Å². The molecule has 0 aliphatic carbocycles. The van der Waals surface area contributed by atoms with Crippen LogP contribution in [0.2, 0.25) is 0 Å². The van der Waals surface area contributed by atoms with Gasteiger partial charge in [0, 0.05) is 6.04 Å². The Kier molecular flexibility index (Phi) is 5.55. The van der Waals surface area contributed by atoms with Gasteiger partial charge in [0.2, 0.25) is 5.91 Å². The number of ether oxygens (including phenoxy) is 1. The Morgan fingerprint density at radius 2 is 1.89 bits per heavy atom. The lowest BCUT2D eigenvalue weighted by molar-refractivity contribution is -0.148. The largest absolute Gasteiger partial charge is 0.468 e. The molecule has 0 saturated heterocycles. The van der Waals surface area contributed by atoms with Crippen molar-refractivity contribution < 1.29 is 14.3 Å². The maximum absolute atomic E-state index is 12.3. The molecule has 1 amide bonds. The summed E-state index contributed by atoms with van der Waals surface area (Å²) in [5.74, 6) is -0.457. The van der Waals surface area contributed by atoms with Crippen LogP contribution >= 0.6 is 0 Å². The molecular formula is C15H21NO3. The molecule has 19 heavy (non-hydrogen) atoms. The molecule has 1 aromatic carbocycles. The average molecular weight is 263 g/mol. The molecule has 104 valence electrons. The molecule has 1 aromatic rings. The lowest BCUT2D eigenvalue weighted by atomic mass is 10.0. The number of benzene rings is 1. The highest BCUT2D eigenvalue weighted by atomic mass is 16.5. The third-order valence-electron chi connectivity index (χ3n) is 3.07. The van der Waals surface area contributed by atoms with Crippen LogP contribution in [0, 0.1) is 6.92 Å². The summed E-state index contributed by atoms with van der Waals surface area (Å²) in [6.07, 6.45) is 0.307. The maximum Gasteiger partial charge on any atom is 0.325 e. The number of carbonyl (C=O) groups is 2. The smallest absolute Gasteiger partial charge is 0.325 e. The van der Waals surface area contributed by atoms with E-state index in [2.05, 4.69) is 4.74 Å². The molecular weight excluding hydrogens is 242 g/mol. The van der Waals surface area contributed by atoms with Gasteiger partial charge in [-0.2, -0.15) is 0 Å². The number of carbonyl (C=O) groups excluding carboxylic acids is 2. The van der Waals surface area contributed by atoms with Crippen LogP contribution in [0.15, 0.2) is 24.3 Å². The van der Waals surface area contributed by atoms with Gasteiger partial charge in [-0.1, -0.05) is 24.3 Å². The summed E-state index contributed by atoms with van der Waals surface area (Å²) in [6.45, 7) is 5.75. The monoisotopic (exact) mass is 263 g/mol. The van der Waals surface area contributed by atoms with Gasteiger partial charge < -0.3 is 9.64 Å². The van der Waals surface area contributed by atoms with Crippen LogP contribution in [-0.2, 0) is 20.7 Å². The normalized spacial score (nSPS) is 10.4. The summed E-state index contributed by atoms with van der Waals surface area (Å²) >= 11 is 0. The molecule has 0 aromatic heterocycles. The number of methoxy groups -OCH3 is 1. The molecule has 0 atom stereocenters. The second-order valence-electron chi connectivity index (χ2n) is 4.79. The third-order valence-corrected chi connectivity index (χ3v) is 3.07. The SMILES string of the molecule is COC(=O)CN(C(=O)Cc1ccccc1C)C(C)C. The molecule has 0 N–H and O–H groups in total. The Morgan fingerprint density at radius 3 is 2.42 bits per heavy atom. The first-order valence-corrected chi connectivity index (χ1v) is 6.36. The molecule has 0 spiro atoms. The van der Waals surface area contributed by atoms with Crippen molar-refractivity contribution in [3.63, 3.8) is 0 Å². The highest BCUT2D eigenvalue weighted by Gasteiger charge is 2.20. The number of aryl methyl sites for hydroxylation is 1. The molecule has 1 rings (SSSR count). The molecule has 0 fully saturated rings. The van der Waals surface area contributed by atoms with E-state index in [-0.39, 0.29) is 18.5 Å². The van der Waals surface area contributed by atoms with Gasteiger partial charge in [0.15, 0.2) is 0 Å². The van der Waals surface area contributed by atoms with Crippen LogP contribution in [0.25, 0.3) is 0 Å². The van der Waals surface area contributed by atoms with E-state index < -0.39 is 5.97 Å². The summed E-state index contributed by atoms with van der Waals surface area (Å²) in [4.78, 5) is 25.2. The third kappa shape index (κ3) is 4.39. The van der Waals surface area contributed by atoms with Crippen molar-refractivity contribution >= 4 is 11.9 Å². The summed E-state index contributed by atoms with van der Waals surface area (Å²) in [6, 6.07) is 7.73. The predicted molar refractivity (Wildman–Crippen MR) is 73.7 cm³/mol. The van der Waals surface area contributed by atoms with Crippen LogP contribution in [0.5, 0.6) is 0 Å². The van der Waals surface area contributed by atoms with E-state index in [1.54, 1.807) is 0 Å². The maximum atomic E-state index is 12.3.